The number of rotatable bonds is 17. The first kappa shape index (κ1) is 43.6. The molecule has 0 aliphatic carbocycles. The summed E-state index contributed by atoms with van der Waals surface area (Å²) >= 11 is 0. The predicted molar refractivity (Wildman–Crippen MR) is 238 cm³/mol. The van der Waals surface area contributed by atoms with Crippen LogP contribution in [0, 0.1) is 0 Å². The first-order valence-electron chi connectivity index (χ1n) is 22.1. The molecule has 5 N–H and O–H groups in total. The van der Waals surface area contributed by atoms with Gasteiger partial charge in [0, 0.05) is 62.4 Å². The second-order valence-electron chi connectivity index (χ2n) is 16.7. The minimum atomic E-state index is -0.997. The first-order valence-corrected chi connectivity index (χ1v) is 22.1. The standard InChI is InChI=1S/C47H53N9O8/c48-43-38(27-36(51-52-43)33-14-7-8-17-39(33)57)55-28-32(29-55)64-31-13-10-12-30(26-31)45(61)54-24-22-53(23-25-54)41(59)18-6-4-2-1-3-5-9-21-49-35-16-11-15-34-42(35)47(63)56(46(34)62)37-19-20-40(58)50-44(37)60/h7-8,10-17,26-27,32,37,49,57H,1-6,9,18-25,28-29H2,(H2,48,52)(H,50,58,60). The maximum absolute atomic E-state index is 13.5. The van der Waals surface area contributed by atoms with Crippen LogP contribution in [0.4, 0.5) is 17.2 Å². The van der Waals surface area contributed by atoms with E-state index in [9.17, 15) is 33.9 Å². The number of piperidine rings is 1. The normalized spacial score (nSPS) is 17.6. The Balaban J connectivity index is 0.688. The number of nitrogens with two attached hydrogens (primary N) is 1. The highest BCUT2D eigenvalue weighted by Gasteiger charge is 2.45. The number of aromatic hydroxyl groups is 1. The van der Waals surface area contributed by atoms with Gasteiger partial charge in [0.15, 0.2) is 5.82 Å². The number of nitrogen functional groups attached to an aromatic ring is 1. The van der Waals surface area contributed by atoms with Gasteiger partial charge in [-0.15, -0.1) is 10.2 Å². The molecule has 1 aromatic heterocycles. The molecule has 1 atom stereocenters. The molecule has 5 heterocycles. The number of hydrogen-bond donors (Lipinski definition) is 4. The number of piperazine rings is 1. The number of carbonyl (C=O) groups excluding carboxylic acids is 6. The molecule has 334 valence electrons. The Morgan fingerprint density at radius 3 is 2.27 bits per heavy atom. The zero-order valence-electron chi connectivity index (χ0n) is 35.7. The predicted octanol–water partition coefficient (Wildman–Crippen LogP) is 4.62. The maximum Gasteiger partial charge on any atom is 0.264 e. The summed E-state index contributed by atoms with van der Waals surface area (Å²) in [5, 5.41) is 24.0. The Morgan fingerprint density at radius 1 is 0.797 bits per heavy atom. The van der Waals surface area contributed by atoms with Crippen molar-refractivity contribution in [3.8, 4) is 22.8 Å². The Labute approximate surface area is 370 Å². The van der Waals surface area contributed by atoms with E-state index in [1.807, 2.05) is 34.1 Å². The van der Waals surface area contributed by atoms with Crippen molar-refractivity contribution >= 4 is 52.6 Å². The van der Waals surface area contributed by atoms with Crippen molar-refractivity contribution in [1.82, 2.24) is 30.2 Å². The molecule has 6 amide bonds. The summed E-state index contributed by atoms with van der Waals surface area (Å²) in [4.78, 5) is 83.5. The molecule has 64 heavy (non-hydrogen) atoms. The van der Waals surface area contributed by atoms with Crippen LogP contribution in [0.25, 0.3) is 11.3 Å². The first-order chi connectivity index (χ1) is 31.0. The number of fused-ring (bicyclic) bond motifs is 1. The van der Waals surface area contributed by atoms with Crippen LogP contribution in [0.5, 0.6) is 11.5 Å². The third-order valence-corrected chi connectivity index (χ3v) is 12.3. The van der Waals surface area contributed by atoms with Crippen molar-refractivity contribution in [3.63, 3.8) is 0 Å². The molecule has 3 fully saturated rings. The number of ether oxygens (including phenoxy) is 1. The van der Waals surface area contributed by atoms with Gasteiger partial charge in [0.1, 0.15) is 23.6 Å². The number of carbonyl (C=O) groups is 6. The van der Waals surface area contributed by atoms with E-state index in [1.165, 1.54) is 0 Å². The summed E-state index contributed by atoms with van der Waals surface area (Å²) < 4.78 is 6.22. The number of benzene rings is 3. The van der Waals surface area contributed by atoms with Crippen LogP contribution >= 0.6 is 0 Å². The van der Waals surface area contributed by atoms with Gasteiger partial charge in [0.05, 0.1) is 35.6 Å². The lowest BCUT2D eigenvalue weighted by Gasteiger charge is -2.41. The average Bonchev–Trinajstić information content (AvgIpc) is 3.54. The van der Waals surface area contributed by atoms with Crippen LogP contribution < -0.4 is 26.0 Å². The number of para-hydroxylation sites is 1. The number of aromatic nitrogens is 2. The summed E-state index contributed by atoms with van der Waals surface area (Å²) in [6.45, 7) is 3.69. The number of amides is 6. The van der Waals surface area contributed by atoms with Gasteiger partial charge >= 0.3 is 0 Å². The number of phenolic OH excluding ortho intramolecular Hbond substituents is 1. The van der Waals surface area contributed by atoms with Gasteiger partial charge in [-0.05, 0) is 67.8 Å². The monoisotopic (exact) mass is 871 g/mol. The minimum Gasteiger partial charge on any atom is -0.507 e. The highest BCUT2D eigenvalue weighted by atomic mass is 16.5. The van der Waals surface area contributed by atoms with Gasteiger partial charge in [-0.2, -0.15) is 0 Å². The summed E-state index contributed by atoms with van der Waals surface area (Å²) in [7, 11) is 0. The Morgan fingerprint density at radius 2 is 1.50 bits per heavy atom. The number of nitrogens with zero attached hydrogens (tertiary/aromatic N) is 6. The lowest BCUT2D eigenvalue weighted by atomic mass is 10.0. The topological polar surface area (TPSA) is 221 Å². The van der Waals surface area contributed by atoms with Gasteiger partial charge in [0.25, 0.3) is 17.7 Å². The molecule has 0 spiro atoms. The third-order valence-electron chi connectivity index (χ3n) is 12.3. The van der Waals surface area contributed by atoms with Crippen LogP contribution in [-0.2, 0) is 14.4 Å². The van der Waals surface area contributed by atoms with E-state index in [2.05, 4.69) is 20.8 Å². The van der Waals surface area contributed by atoms with E-state index in [1.54, 1.807) is 53.4 Å². The molecule has 0 saturated carbocycles. The van der Waals surface area contributed by atoms with Gasteiger partial charge in [-0.25, -0.2) is 0 Å². The second-order valence-corrected chi connectivity index (χ2v) is 16.7. The fourth-order valence-corrected chi connectivity index (χ4v) is 8.74. The van der Waals surface area contributed by atoms with Crippen LogP contribution in [0.1, 0.15) is 95.3 Å². The van der Waals surface area contributed by atoms with Crippen LogP contribution in [-0.4, -0.2) is 123 Å². The Kier molecular flexibility index (Phi) is 13.3. The van der Waals surface area contributed by atoms with E-state index in [0.717, 1.165) is 49.8 Å². The maximum atomic E-state index is 13.5. The Hall–Kier alpha value is -7.04. The molecular formula is C47H53N9O8. The van der Waals surface area contributed by atoms with Crippen LogP contribution in [0.2, 0.25) is 0 Å². The van der Waals surface area contributed by atoms with Crippen LogP contribution in [0.3, 0.4) is 0 Å². The minimum absolute atomic E-state index is 0.0740. The number of hydrogen-bond acceptors (Lipinski definition) is 13. The van der Waals surface area contributed by atoms with Crippen molar-refractivity contribution in [2.24, 2.45) is 0 Å². The van der Waals surface area contributed by atoms with Gasteiger partial charge in [-0.1, -0.05) is 56.4 Å². The lowest BCUT2D eigenvalue weighted by Crippen LogP contribution is -2.54. The SMILES string of the molecule is Nc1nnc(-c2ccccc2O)cc1N1CC(Oc2cccc(C(=O)N3CCN(C(=O)CCCCCCCCCNc4cccc5c4C(=O)N(C4CCC(=O)NC4=O)C5=O)CC3)c2)C1. The average molecular weight is 872 g/mol. The molecule has 4 aliphatic heterocycles. The van der Waals surface area contributed by atoms with Crippen LogP contribution in [0.15, 0.2) is 72.8 Å². The second kappa shape index (κ2) is 19.6. The van der Waals surface area contributed by atoms with E-state index in [0.29, 0.717) is 92.0 Å². The number of imide groups is 2. The zero-order valence-corrected chi connectivity index (χ0v) is 35.7. The molecular weight excluding hydrogens is 819 g/mol. The summed E-state index contributed by atoms with van der Waals surface area (Å²) in [5.41, 5.74) is 9.58. The molecule has 17 nitrogen and oxygen atoms in total. The zero-order chi connectivity index (χ0) is 44.7. The molecule has 3 saturated heterocycles. The number of phenols is 1. The van der Waals surface area contributed by atoms with E-state index >= 15 is 0 Å². The van der Waals surface area contributed by atoms with Crippen molar-refractivity contribution in [3.05, 3.63) is 89.5 Å². The van der Waals surface area contributed by atoms with Crippen molar-refractivity contribution in [2.45, 2.75) is 76.4 Å². The summed E-state index contributed by atoms with van der Waals surface area (Å²) in [6, 6.07) is 20.0. The van der Waals surface area contributed by atoms with Gasteiger partial charge in [-0.3, -0.25) is 39.0 Å². The summed E-state index contributed by atoms with van der Waals surface area (Å²) in [5.74, 6) is -1.05. The quantitative estimate of drug-likeness (QED) is 0.0842. The number of nitrogens with one attached hydrogen (secondary N) is 2. The molecule has 1 unspecified atom stereocenters. The van der Waals surface area contributed by atoms with E-state index in [-0.39, 0.29) is 47.6 Å². The molecule has 4 aromatic rings. The molecule has 3 aromatic carbocycles. The fraction of sp³-hybridized carbons (Fsp3) is 0.404. The smallest absolute Gasteiger partial charge is 0.264 e. The lowest BCUT2D eigenvalue weighted by molar-refractivity contribution is -0.136. The van der Waals surface area contributed by atoms with Gasteiger partial charge in [0.2, 0.25) is 17.7 Å². The number of unbranched alkanes of at least 4 members (excludes halogenated alkanes) is 6. The third kappa shape index (κ3) is 9.62. The molecule has 17 heteroatoms. The molecule has 0 bridgehead atoms. The van der Waals surface area contributed by atoms with Gasteiger partial charge < -0.3 is 35.6 Å². The summed E-state index contributed by atoms with van der Waals surface area (Å²) in [6.07, 6.45) is 7.32. The van der Waals surface area contributed by atoms with Crippen molar-refractivity contribution < 1.29 is 38.6 Å². The molecule has 8 rings (SSSR count). The van der Waals surface area contributed by atoms with E-state index < -0.39 is 29.7 Å². The highest BCUT2D eigenvalue weighted by Crippen LogP contribution is 2.35. The number of anilines is 3. The largest absolute Gasteiger partial charge is 0.507 e. The molecule has 4 aliphatic rings. The molecule has 0 radical (unpaired) electrons. The highest BCUT2D eigenvalue weighted by molar-refractivity contribution is 6.25. The Bertz CT molecular complexity index is 2430. The van der Waals surface area contributed by atoms with Crippen molar-refractivity contribution in [2.75, 3.05) is 61.8 Å². The van der Waals surface area contributed by atoms with Crippen molar-refractivity contribution in [1.29, 1.82) is 0 Å². The fourth-order valence-electron chi connectivity index (χ4n) is 8.74. The van der Waals surface area contributed by atoms with E-state index in [4.69, 9.17) is 10.5 Å².